The summed E-state index contributed by atoms with van der Waals surface area (Å²) < 4.78 is 171. The predicted molar refractivity (Wildman–Crippen MR) is 72.6 cm³/mol. The molecular formula is C11H7F9NNaO5S2. The minimum Gasteiger partial charge on any atom is -0.744 e. The van der Waals surface area contributed by atoms with Gasteiger partial charge in [0.15, 0.2) is 0 Å². The van der Waals surface area contributed by atoms with Crippen LogP contribution in [0.3, 0.4) is 0 Å². The Balaban J connectivity index is 0.00000784. The average Bonchev–Trinajstić information content (AvgIpc) is 2.46. The Morgan fingerprint density at radius 1 is 0.862 bits per heavy atom. The number of sulfonamides is 1. The normalized spacial score (nSPS) is 14.3. The summed E-state index contributed by atoms with van der Waals surface area (Å²) in [7, 11) is -12.3. The van der Waals surface area contributed by atoms with Crippen LogP contribution in [-0.2, 0) is 20.1 Å². The van der Waals surface area contributed by atoms with Crippen molar-refractivity contribution in [3.63, 3.8) is 0 Å². The molecule has 1 N–H and O–H groups in total. The molecule has 0 unspecified atom stereocenters. The monoisotopic (exact) mass is 491 g/mol. The van der Waals surface area contributed by atoms with Crippen LogP contribution in [0.4, 0.5) is 45.2 Å². The Kier molecular flexibility index (Phi) is 7.86. The van der Waals surface area contributed by atoms with Crippen LogP contribution in [0.1, 0.15) is 5.56 Å². The number of aryl methyl sites for hydroxylation is 1. The molecule has 0 bridgehead atoms. The molecule has 0 aromatic heterocycles. The van der Waals surface area contributed by atoms with Gasteiger partial charge in [0, 0.05) is 5.69 Å². The molecule has 0 atom stereocenters. The van der Waals surface area contributed by atoms with Gasteiger partial charge in [-0.15, -0.1) is 0 Å². The van der Waals surface area contributed by atoms with Crippen molar-refractivity contribution in [2.24, 2.45) is 0 Å². The number of alkyl halides is 9. The van der Waals surface area contributed by atoms with E-state index in [1.807, 2.05) is 0 Å². The summed E-state index contributed by atoms with van der Waals surface area (Å²) in [5.41, 5.74) is -1.62. The fraction of sp³-hybridized carbons (Fsp3) is 0.455. The molecule has 0 saturated carbocycles. The molecular weight excluding hydrogens is 484 g/mol. The van der Waals surface area contributed by atoms with E-state index in [1.54, 1.807) is 0 Å². The van der Waals surface area contributed by atoms with E-state index in [2.05, 4.69) is 0 Å². The second-order valence-electron chi connectivity index (χ2n) is 5.20. The number of hydrogen-bond acceptors (Lipinski definition) is 5. The molecule has 0 heterocycles. The average molecular weight is 491 g/mol. The molecule has 0 saturated heterocycles. The Morgan fingerprint density at radius 2 is 1.31 bits per heavy atom. The molecule has 0 amide bonds. The van der Waals surface area contributed by atoms with E-state index in [0.29, 0.717) is 16.9 Å². The molecule has 0 spiro atoms. The molecule has 1 rings (SSSR count). The van der Waals surface area contributed by atoms with Gasteiger partial charge < -0.3 is 4.55 Å². The van der Waals surface area contributed by atoms with Crippen LogP contribution in [0.2, 0.25) is 0 Å². The molecule has 0 radical (unpaired) electrons. The van der Waals surface area contributed by atoms with Crippen LogP contribution in [0.15, 0.2) is 23.1 Å². The fourth-order valence-corrected chi connectivity index (χ4v) is 3.45. The van der Waals surface area contributed by atoms with Gasteiger partial charge in [-0.3, -0.25) is 4.72 Å². The van der Waals surface area contributed by atoms with E-state index < -0.39 is 54.0 Å². The third-order valence-electron chi connectivity index (χ3n) is 3.16. The largest absolute Gasteiger partial charge is 1.00 e. The van der Waals surface area contributed by atoms with Crippen molar-refractivity contribution in [2.75, 3.05) is 4.72 Å². The maximum atomic E-state index is 13.5. The second kappa shape index (κ2) is 8.07. The molecule has 162 valence electrons. The summed E-state index contributed by atoms with van der Waals surface area (Å²) in [5, 5.41) is -7.01. The van der Waals surface area contributed by atoms with Gasteiger partial charge in [0.25, 0.3) is 0 Å². The fourth-order valence-electron chi connectivity index (χ4n) is 1.68. The van der Waals surface area contributed by atoms with Gasteiger partial charge in [0.2, 0.25) is 0 Å². The Morgan fingerprint density at radius 3 is 1.69 bits per heavy atom. The van der Waals surface area contributed by atoms with E-state index in [9.17, 15) is 60.9 Å². The number of benzene rings is 1. The summed E-state index contributed by atoms with van der Waals surface area (Å²) in [4.78, 5) is -1.19. The Hall–Kier alpha value is -0.750. The van der Waals surface area contributed by atoms with Crippen molar-refractivity contribution in [3.05, 3.63) is 23.8 Å². The minimum absolute atomic E-state index is 0. The maximum absolute atomic E-state index is 13.5. The van der Waals surface area contributed by atoms with Gasteiger partial charge in [0.1, 0.15) is 10.1 Å². The molecule has 1 aromatic carbocycles. The Bertz CT molecular complexity index is 977. The molecule has 0 aliphatic carbocycles. The number of rotatable bonds is 6. The zero-order valence-electron chi connectivity index (χ0n) is 14.0. The molecule has 0 aliphatic heterocycles. The van der Waals surface area contributed by atoms with E-state index in [1.165, 1.54) is 0 Å². The van der Waals surface area contributed by atoms with Gasteiger partial charge in [-0.1, -0.05) is 6.07 Å². The van der Waals surface area contributed by atoms with E-state index in [4.69, 9.17) is 0 Å². The van der Waals surface area contributed by atoms with Crippen molar-refractivity contribution in [3.8, 4) is 0 Å². The standard InChI is InChI=1S/C11H8F9NO5S2.Na/c1-5-2-3-6(4-7(5)27(22,23)24)21-28(25,26)11(19,20)9(14,15)8(12,13)10(16,17)18;/h2-4,21H,1H3,(H,22,23,24);/q;+1/p-1. The molecule has 29 heavy (non-hydrogen) atoms. The summed E-state index contributed by atoms with van der Waals surface area (Å²) >= 11 is 0. The summed E-state index contributed by atoms with van der Waals surface area (Å²) in [6.45, 7) is 0.996. The number of hydrogen-bond donors (Lipinski definition) is 1. The molecule has 0 aliphatic rings. The van der Waals surface area contributed by atoms with Crippen molar-refractivity contribution in [1.82, 2.24) is 0 Å². The zero-order valence-corrected chi connectivity index (χ0v) is 17.6. The summed E-state index contributed by atoms with van der Waals surface area (Å²) in [6.07, 6.45) is -7.23. The Labute approximate surface area is 179 Å². The number of halogens is 9. The summed E-state index contributed by atoms with van der Waals surface area (Å²) in [6, 6.07) is 1.21. The van der Waals surface area contributed by atoms with Gasteiger partial charge in [0.05, 0.1) is 4.90 Å². The van der Waals surface area contributed by atoms with Crippen LogP contribution in [0.5, 0.6) is 0 Å². The smallest absolute Gasteiger partial charge is 0.744 e. The van der Waals surface area contributed by atoms with Crippen LogP contribution < -0.4 is 34.3 Å². The van der Waals surface area contributed by atoms with Crippen molar-refractivity contribution in [1.29, 1.82) is 0 Å². The van der Waals surface area contributed by atoms with Gasteiger partial charge in [-0.2, -0.15) is 47.9 Å². The SMILES string of the molecule is Cc1ccc(NS(=O)(=O)C(F)(F)C(F)(F)C(F)(F)C(F)(F)F)cc1S(=O)(=O)[O-].[Na+]. The van der Waals surface area contributed by atoms with Gasteiger partial charge in [-0.05, 0) is 24.6 Å². The van der Waals surface area contributed by atoms with E-state index in [0.717, 1.165) is 6.92 Å². The maximum Gasteiger partial charge on any atom is 1.00 e. The van der Waals surface area contributed by atoms with Crippen LogP contribution >= 0.6 is 0 Å². The molecule has 0 fully saturated rings. The predicted octanol–water partition coefficient (Wildman–Crippen LogP) is 0.0705. The van der Waals surface area contributed by atoms with E-state index in [-0.39, 0.29) is 41.2 Å². The first kappa shape index (κ1) is 28.2. The first-order chi connectivity index (χ1) is 12.1. The first-order valence-corrected chi connectivity index (χ1v) is 9.28. The first-order valence-electron chi connectivity index (χ1n) is 6.38. The van der Waals surface area contributed by atoms with Crippen LogP contribution in [0, 0.1) is 6.92 Å². The molecule has 1 aromatic rings. The second-order valence-corrected chi connectivity index (χ2v) is 8.28. The molecule has 18 heteroatoms. The van der Waals surface area contributed by atoms with E-state index >= 15 is 0 Å². The van der Waals surface area contributed by atoms with Gasteiger partial charge >= 0.3 is 62.9 Å². The van der Waals surface area contributed by atoms with Crippen LogP contribution in [0.25, 0.3) is 0 Å². The molecule has 6 nitrogen and oxygen atoms in total. The zero-order chi connectivity index (χ0) is 22.6. The van der Waals surface area contributed by atoms with Gasteiger partial charge in [-0.25, -0.2) is 8.42 Å². The third-order valence-corrected chi connectivity index (χ3v) is 5.58. The summed E-state index contributed by atoms with van der Waals surface area (Å²) in [5.74, 6) is -14.9. The number of nitrogens with one attached hydrogen (secondary N) is 1. The van der Waals surface area contributed by atoms with Crippen LogP contribution in [-0.4, -0.2) is 44.7 Å². The van der Waals surface area contributed by atoms with Crippen molar-refractivity contribution >= 4 is 25.8 Å². The van der Waals surface area contributed by atoms with Crippen molar-refractivity contribution in [2.45, 2.75) is 35.1 Å². The third kappa shape index (κ3) is 4.95. The minimum atomic E-state index is -7.46. The topological polar surface area (TPSA) is 103 Å². The quantitative estimate of drug-likeness (QED) is 0.345. The number of anilines is 1. The van der Waals surface area contributed by atoms with Crippen molar-refractivity contribution < 1.29 is 90.5 Å².